The molecule has 0 aromatic carbocycles. The quantitative estimate of drug-likeness (QED) is 0.333. The van der Waals surface area contributed by atoms with Gasteiger partial charge in [-0.15, -0.1) is 0 Å². The SMILES string of the molecule is Cn1c(=O)c2c(ncn2CC#CC#CCn2cnc3c2c(=O)n(C)c(=O)n3C)n(C)c1=O. The highest BCUT2D eigenvalue weighted by Gasteiger charge is 2.14. The van der Waals surface area contributed by atoms with Crippen LogP contribution in [0, 0.1) is 23.7 Å². The van der Waals surface area contributed by atoms with Crippen LogP contribution in [0.3, 0.4) is 0 Å². The van der Waals surface area contributed by atoms with E-state index in [2.05, 4.69) is 33.6 Å². The number of fused-ring (bicyclic) bond motifs is 2. The second-order valence-electron chi connectivity index (χ2n) is 7.10. The van der Waals surface area contributed by atoms with Gasteiger partial charge in [0.25, 0.3) is 11.1 Å². The van der Waals surface area contributed by atoms with Crippen LogP contribution in [0.2, 0.25) is 0 Å². The van der Waals surface area contributed by atoms with Crippen LogP contribution in [-0.2, 0) is 41.3 Å². The van der Waals surface area contributed by atoms with Crippen molar-refractivity contribution in [1.82, 2.24) is 37.4 Å². The average molecular weight is 434 g/mol. The van der Waals surface area contributed by atoms with E-state index in [1.807, 2.05) is 0 Å². The molecule has 12 heteroatoms. The van der Waals surface area contributed by atoms with Gasteiger partial charge in [-0.25, -0.2) is 19.6 Å². The van der Waals surface area contributed by atoms with Gasteiger partial charge < -0.3 is 9.13 Å². The number of hydrogen-bond donors (Lipinski definition) is 0. The first kappa shape index (κ1) is 20.7. The van der Waals surface area contributed by atoms with Crippen LogP contribution in [0.15, 0.2) is 31.8 Å². The Morgan fingerprint density at radius 1 is 0.656 bits per heavy atom. The average Bonchev–Trinajstić information content (AvgIpc) is 3.40. The second-order valence-corrected chi connectivity index (χ2v) is 7.10. The third kappa shape index (κ3) is 3.06. The van der Waals surface area contributed by atoms with Crippen molar-refractivity contribution in [3.63, 3.8) is 0 Å². The molecule has 0 aliphatic carbocycles. The molecule has 0 spiro atoms. The normalized spacial score (nSPS) is 10.8. The van der Waals surface area contributed by atoms with E-state index < -0.39 is 22.5 Å². The minimum absolute atomic E-state index is 0.162. The number of imidazole rings is 2. The van der Waals surface area contributed by atoms with Crippen molar-refractivity contribution in [3.8, 4) is 23.7 Å². The van der Waals surface area contributed by atoms with Crippen molar-refractivity contribution in [1.29, 1.82) is 0 Å². The van der Waals surface area contributed by atoms with Crippen molar-refractivity contribution in [2.75, 3.05) is 0 Å². The van der Waals surface area contributed by atoms with E-state index in [1.165, 1.54) is 35.9 Å². The summed E-state index contributed by atoms with van der Waals surface area (Å²) in [6.07, 6.45) is 2.90. The summed E-state index contributed by atoms with van der Waals surface area (Å²) >= 11 is 0. The summed E-state index contributed by atoms with van der Waals surface area (Å²) in [5.41, 5.74) is -0.666. The molecule has 0 fully saturated rings. The molecule has 32 heavy (non-hydrogen) atoms. The second kappa shape index (κ2) is 7.59. The Labute approximate surface area is 179 Å². The molecule has 4 aromatic rings. The minimum atomic E-state index is -0.452. The van der Waals surface area contributed by atoms with Gasteiger partial charge in [0.05, 0.1) is 25.7 Å². The van der Waals surface area contributed by atoms with Crippen LogP contribution < -0.4 is 22.5 Å². The summed E-state index contributed by atoms with van der Waals surface area (Å²) in [4.78, 5) is 57.0. The van der Waals surface area contributed by atoms with Crippen molar-refractivity contribution < 1.29 is 0 Å². The highest BCUT2D eigenvalue weighted by atomic mass is 16.2. The van der Waals surface area contributed by atoms with E-state index in [4.69, 9.17) is 0 Å². The van der Waals surface area contributed by atoms with E-state index in [9.17, 15) is 19.2 Å². The topological polar surface area (TPSA) is 124 Å². The molecule has 0 aliphatic heterocycles. The van der Waals surface area contributed by atoms with E-state index in [-0.39, 0.29) is 35.4 Å². The van der Waals surface area contributed by atoms with Crippen LogP contribution in [0.1, 0.15) is 0 Å². The lowest BCUT2D eigenvalue weighted by Gasteiger charge is -2.04. The van der Waals surface area contributed by atoms with Gasteiger partial charge in [-0.1, -0.05) is 11.8 Å². The molecular formula is C20H18N8O4. The molecule has 0 amide bonds. The van der Waals surface area contributed by atoms with Gasteiger partial charge in [0, 0.05) is 28.2 Å². The number of rotatable bonds is 2. The molecule has 0 radical (unpaired) electrons. The molecule has 12 nitrogen and oxygen atoms in total. The zero-order chi connectivity index (χ0) is 23.2. The summed E-state index contributed by atoms with van der Waals surface area (Å²) in [7, 11) is 5.90. The molecule has 0 N–H and O–H groups in total. The molecule has 0 atom stereocenters. The molecule has 0 unspecified atom stereocenters. The number of nitrogens with zero attached hydrogens (tertiary/aromatic N) is 8. The maximum Gasteiger partial charge on any atom is 0.332 e. The highest BCUT2D eigenvalue weighted by molar-refractivity contribution is 5.70. The van der Waals surface area contributed by atoms with Gasteiger partial charge in [-0.05, 0) is 11.8 Å². The molecule has 0 aliphatic rings. The van der Waals surface area contributed by atoms with Crippen LogP contribution in [-0.4, -0.2) is 37.4 Å². The third-order valence-corrected chi connectivity index (χ3v) is 5.17. The van der Waals surface area contributed by atoms with Crippen molar-refractivity contribution in [3.05, 3.63) is 54.3 Å². The first-order chi connectivity index (χ1) is 15.2. The summed E-state index contributed by atoms with van der Waals surface area (Å²) in [5, 5.41) is 0. The fraction of sp³-hybridized carbons (Fsp3) is 0.300. The zero-order valence-electron chi connectivity index (χ0n) is 17.8. The van der Waals surface area contributed by atoms with Gasteiger partial charge >= 0.3 is 11.4 Å². The number of aromatic nitrogens is 8. The molecule has 4 aromatic heterocycles. The van der Waals surface area contributed by atoms with Gasteiger partial charge in [0.15, 0.2) is 22.3 Å². The first-order valence-electron chi connectivity index (χ1n) is 9.41. The Kier molecular flexibility index (Phi) is 4.91. The largest absolute Gasteiger partial charge is 0.332 e. The molecule has 0 bridgehead atoms. The van der Waals surface area contributed by atoms with Crippen molar-refractivity contribution >= 4 is 22.3 Å². The molecular weight excluding hydrogens is 416 g/mol. The lowest BCUT2D eigenvalue weighted by Crippen LogP contribution is -2.37. The Balaban J connectivity index is 1.58. The Bertz CT molecular complexity index is 1630. The van der Waals surface area contributed by atoms with Crippen molar-refractivity contribution in [2.24, 2.45) is 28.2 Å². The summed E-state index contributed by atoms with van der Waals surface area (Å²) < 4.78 is 7.75. The van der Waals surface area contributed by atoms with Crippen LogP contribution >= 0.6 is 0 Å². The van der Waals surface area contributed by atoms with Gasteiger partial charge in [0.1, 0.15) is 0 Å². The van der Waals surface area contributed by atoms with Crippen molar-refractivity contribution in [2.45, 2.75) is 13.1 Å². The summed E-state index contributed by atoms with van der Waals surface area (Å²) in [6, 6.07) is 0. The summed E-state index contributed by atoms with van der Waals surface area (Å²) in [5.74, 6) is 11.1. The Hall–Kier alpha value is -4.58. The molecule has 0 saturated heterocycles. The van der Waals surface area contributed by atoms with E-state index in [0.29, 0.717) is 0 Å². The van der Waals surface area contributed by atoms with Crippen LogP contribution in [0.5, 0.6) is 0 Å². The van der Waals surface area contributed by atoms with Crippen LogP contribution in [0.25, 0.3) is 22.3 Å². The van der Waals surface area contributed by atoms with Gasteiger partial charge in [-0.2, -0.15) is 0 Å². The molecule has 0 saturated carbocycles. The first-order valence-corrected chi connectivity index (χ1v) is 9.41. The minimum Gasteiger partial charge on any atom is -0.313 e. The smallest absolute Gasteiger partial charge is 0.313 e. The lowest BCUT2D eigenvalue weighted by atomic mass is 10.4. The lowest BCUT2D eigenvalue weighted by molar-refractivity contribution is 0.704. The van der Waals surface area contributed by atoms with E-state index in [1.54, 1.807) is 23.2 Å². The van der Waals surface area contributed by atoms with Gasteiger partial charge in [-0.3, -0.25) is 27.9 Å². The Morgan fingerprint density at radius 3 is 1.41 bits per heavy atom. The molecule has 162 valence electrons. The monoisotopic (exact) mass is 434 g/mol. The van der Waals surface area contributed by atoms with E-state index in [0.717, 1.165) is 9.13 Å². The van der Waals surface area contributed by atoms with E-state index >= 15 is 0 Å². The maximum absolute atomic E-state index is 12.4. The Morgan fingerprint density at radius 2 is 1.03 bits per heavy atom. The third-order valence-electron chi connectivity index (χ3n) is 5.17. The number of aryl methyl sites for hydroxylation is 2. The summed E-state index contributed by atoms with van der Waals surface area (Å²) in [6.45, 7) is 0.324. The standard InChI is InChI=1S/C20H18N8O4/c1-23-15-13(17(29)25(3)19(23)31)27(11-21-15)9-7-5-6-8-10-28-12-22-16-14(28)18(30)26(4)20(32)24(16)2/h11-12H,9-10H2,1-4H3. The molecule has 4 rings (SSSR count). The van der Waals surface area contributed by atoms with Crippen LogP contribution in [0.4, 0.5) is 0 Å². The zero-order valence-corrected chi connectivity index (χ0v) is 17.8. The fourth-order valence-electron chi connectivity index (χ4n) is 3.37. The highest BCUT2D eigenvalue weighted by Crippen LogP contribution is 2.05. The van der Waals surface area contributed by atoms with Gasteiger partial charge in [0.2, 0.25) is 0 Å². The fourth-order valence-corrected chi connectivity index (χ4v) is 3.37. The predicted octanol–water partition coefficient (Wildman–Crippen LogP) is -2.11. The number of hydrogen-bond acceptors (Lipinski definition) is 6. The maximum atomic E-state index is 12.4. The molecule has 4 heterocycles. The predicted molar refractivity (Wildman–Crippen MR) is 116 cm³/mol.